The van der Waals surface area contributed by atoms with E-state index in [4.69, 9.17) is 9.47 Å². The highest BCUT2D eigenvalue weighted by molar-refractivity contribution is 7.93. The Kier molecular flexibility index (Phi) is 12.4. The minimum atomic E-state index is -4.20. The van der Waals surface area contributed by atoms with Crippen LogP contribution in [0.3, 0.4) is 0 Å². The largest absolute Gasteiger partial charge is 0.488 e. The lowest BCUT2D eigenvalue weighted by Gasteiger charge is -2.25. The van der Waals surface area contributed by atoms with Crippen molar-refractivity contribution in [3.8, 4) is 11.5 Å². The van der Waals surface area contributed by atoms with Gasteiger partial charge in [-0.2, -0.15) is 0 Å². The number of nitrogens with zero attached hydrogens (tertiary/aromatic N) is 3. The molecule has 0 saturated heterocycles. The van der Waals surface area contributed by atoms with E-state index in [1.54, 1.807) is 37.3 Å². The number of nitrogens with one attached hydrogen (secondary N) is 1. The van der Waals surface area contributed by atoms with Gasteiger partial charge < -0.3 is 44.6 Å². The maximum atomic E-state index is 13.8. The second kappa shape index (κ2) is 16.7. The molecule has 17 heteroatoms. The van der Waals surface area contributed by atoms with Crippen molar-refractivity contribution >= 4 is 67.4 Å². The van der Waals surface area contributed by atoms with Crippen molar-refractivity contribution in [2.45, 2.75) is 11.8 Å². The van der Waals surface area contributed by atoms with E-state index in [9.17, 15) is 48.0 Å². The van der Waals surface area contributed by atoms with Gasteiger partial charge in [0.05, 0.1) is 22.0 Å². The SMILES string of the molecule is Cc1ccc(N(CC(=O)O)CC(=O)O)c(OCCOc2cc(NS(=O)(=O)c3cccc4c(N(C)C)cccc34)ccc2N(CC(=O)O)CC(=O)O)c1. The van der Waals surface area contributed by atoms with Crippen molar-refractivity contribution in [2.24, 2.45) is 0 Å². The van der Waals surface area contributed by atoms with Gasteiger partial charge in [0.2, 0.25) is 0 Å². The summed E-state index contributed by atoms with van der Waals surface area (Å²) >= 11 is 0. The van der Waals surface area contributed by atoms with Gasteiger partial charge in [0, 0.05) is 36.6 Å². The highest BCUT2D eigenvalue weighted by Crippen LogP contribution is 2.35. The summed E-state index contributed by atoms with van der Waals surface area (Å²) in [5.74, 6) is -5.07. The number of fused-ring (bicyclic) bond motifs is 1. The molecular weight excluding hydrogens is 700 g/mol. The Labute approximate surface area is 299 Å². The number of carboxylic acids is 4. The normalized spacial score (nSPS) is 11.1. The molecule has 0 amide bonds. The smallest absolute Gasteiger partial charge is 0.323 e. The zero-order valence-corrected chi connectivity index (χ0v) is 29.3. The lowest BCUT2D eigenvalue weighted by Crippen LogP contribution is -2.35. The molecule has 0 aliphatic heterocycles. The Morgan fingerprint density at radius 1 is 0.635 bits per heavy atom. The summed E-state index contributed by atoms with van der Waals surface area (Å²) < 4.78 is 41.9. The van der Waals surface area contributed by atoms with Crippen molar-refractivity contribution < 1.29 is 57.5 Å². The quantitative estimate of drug-likeness (QED) is 0.0870. The third-order valence-electron chi connectivity index (χ3n) is 7.54. The molecule has 0 aliphatic rings. The van der Waals surface area contributed by atoms with E-state index in [1.807, 2.05) is 31.1 Å². The number of aliphatic carboxylic acids is 4. The minimum absolute atomic E-state index is 0.000763. The van der Waals surface area contributed by atoms with E-state index in [0.717, 1.165) is 21.1 Å². The number of sulfonamides is 1. The lowest BCUT2D eigenvalue weighted by atomic mass is 10.1. The van der Waals surface area contributed by atoms with Crippen LogP contribution in [-0.2, 0) is 29.2 Å². The molecule has 4 aromatic carbocycles. The van der Waals surface area contributed by atoms with Gasteiger partial charge in [-0.05, 0) is 48.9 Å². The average molecular weight is 739 g/mol. The maximum absolute atomic E-state index is 13.8. The summed E-state index contributed by atoms with van der Waals surface area (Å²) in [7, 11) is -0.523. The Morgan fingerprint density at radius 3 is 1.63 bits per heavy atom. The highest BCUT2D eigenvalue weighted by Gasteiger charge is 2.23. The van der Waals surface area contributed by atoms with Gasteiger partial charge in [0.25, 0.3) is 10.0 Å². The average Bonchev–Trinajstić information content (AvgIpc) is 3.04. The third kappa shape index (κ3) is 9.94. The van der Waals surface area contributed by atoms with Crippen LogP contribution in [-0.4, -0.2) is 106 Å². The van der Waals surface area contributed by atoms with Crippen molar-refractivity contribution in [3.05, 3.63) is 78.4 Å². The van der Waals surface area contributed by atoms with Crippen LogP contribution in [0.15, 0.2) is 77.7 Å². The maximum Gasteiger partial charge on any atom is 0.323 e. The number of carboxylic acid groups (broad SMARTS) is 4. The molecule has 276 valence electrons. The van der Waals surface area contributed by atoms with Crippen LogP contribution in [0.25, 0.3) is 10.8 Å². The molecule has 4 aromatic rings. The second-order valence-corrected chi connectivity index (χ2v) is 13.4. The van der Waals surface area contributed by atoms with Crippen molar-refractivity contribution in [1.29, 1.82) is 0 Å². The van der Waals surface area contributed by atoms with Crippen LogP contribution in [0.4, 0.5) is 22.7 Å². The molecule has 0 atom stereocenters. The fraction of sp³-hybridized carbons (Fsp3) is 0.257. The molecule has 0 aliphatic carbocycles. The fourth-order valence-electron chi connectivity index (χ4n) is 5.46. The Morgan fingerprint density at radius 2 is 1.12 bits per heavy atom. The van der Waals surface area contributed by atoms with Crippen LogP contribution < -0.4 is 28.9 Å². The third-order valence-corrected chi connectivity index (χ3v) is 8.98. The number of anilines is 4. The second-order valence-electron chi connectivity index (χ2n) is 11.8. The predicted octanol–water partition coefficient (Wildman–Crippen LogP) is 3.42. The van der Waals surface area contributed by atoms with Crippen molar-refractivity contribution in [1.82, 2.24) is 0 Å². The Bertz CT molecular complexity index is 2060. The zero-order valence-electron chi connectivity index (χ0n) is 28.5. The minimum Gasteiger partial charge on any atom is -0.488 e. The molecule has 5 N–H and O–H groups in total. The Hall–Kier alpha value is -6.23. The molecule has 0 unspecified atom stereocenters. The first kappa shape index (κ1) is 38.6. The van der Waals surface area contributed by atoms with E-state index in [2.05, 4.69) is 4.72 Å². The van der Waals surface area contributed by atoms with Crippen LogP contribution in [0, 0.1) is 6.92 Å². The molecule has 4 rings (SSSR count). The van der Waals surface area contributed by atoms with Crippen LogP contribution >= 0.6 is 0 Å². The first-order chi connectivity index (χ1) is 24.5. The standard InChI is InChI=1S/C35H38N4O12S/c1-22-10-12-27(38(18-32(40)41)19-33(42)43)29(16-22)50-14-15-51-30-17-23(11-13-28(30)39(20-34(44)45)21-35(46)47)36-52(48,49)31-9-5-6-24-25(31)7-4-8-26(24)37(2)3/h4-13,16-17,36H,14-15,18-21H2,1-3H3,(H,40,41)(H,42,43)(H,44,45)(H,46,47). The number of carbonyl (C=O) groups is 4. The number of benzene rings is 4. The molecule has 0 heterocycles. The first-order valence-electron chi connectivity index (χ1n) is 15.6. The lowest BCUT2D eigenvalue weighted by molar-refractivity contribution is -0.138. The zero-order chi connectivity index (χ0) is 38.2. The van der Waals surface area contributed by atoms with Crippen LogP contribution in [0.2, 0.25) is 0 Å². The van der Waals surface area contributed by atoms with Crippen molar-refractivity contribution in [3.63, 3.8) is 0 Å². The highest BCUT2D eigenvalue weighted by atomic mass is 32.2. The number of ether oxygens (including phenoxy) is 2. The topological polar surface area (TPSA) is 224 Å². The fourth-order valence-corrected chi connectivity index (χ4v) is 6.73. The summed E-state index contributed by atoms with van der Waals surface area (Å²) in [5, 5.41) is 38.9. The first-order valence-corrected chi connectivity index (χ1v) is 17.1. The van der Waals surface area contributed by atoms with Gasteiger partial charge in [0.1, 0.15) is 50.9 Å². The number of hydrogen-bond acceptors (Lipinski definition) is 11. The van der Waals surface area contributed by atoms with Crippen molar-refractivity contribution in [2.75, 3.05) is 72.9 Å². The van der Waals surface area contributed by atoms with E-state index < -0.39 is 60.1 Å². The summed E-state index contributed by atoms with van der Waals surface area (Å²) in [4.78, 5) is 50.2. The van der Waals surface area contributed by atoms with Gasteiger partial charge in [0.15, 0.2) is 0 Å². The van der Waals surface area contributed by atoms with Crippen LogP contribution in [0.5, 0.6) is 11.5 Å². The molecular formula is C35H38N4O12S. The van der Waals surface area contributed by atoms with Crippen LogP contribution in [0.1, 0.15) is 5.56 Å². The predicted molar refractivity (Wildman–Crippen MR) is 193 cm³/mol. The number of rotatable bonds is 19. The van der Waals surface area contributed by atoms with E-state index >= 15 is 0 Å². The summed E-state index contributed by atoms with van der Waals surface area (Å²) in [5.41, 5.74) is 1.81. The monoisotopic (exact) mass is 738 g/mol. The van der Waals surface area contributed by atoms with E-state index in [1.165, 1.54) is 30.3 Å². The van der Waals surface area contributed by atoms with Gasteiger partial charge in [-0.3, -0.25) is 23.9 Å². The molecule has 16 nitrogen and oxygen atoms in total. The number of aryl methyl sites for hydroxylation is 1. The van der Waals surface area contributed by atoms with Gasteiger partial charge in [-0.25, -0.2) is 8.42 Å². The molecule has 52 heavy (non-hydrogen) atoms. The number of hydrogen-bond donors (Lipinski definition) is 5. The molecule has 0 saturated carbocycles. The van der Waals surface area contributed by atoms with Gasteiger partial charge in [-0.1, -0.05) is 30.3 Å². The molecule has 0 bridgehead atoms. The van der Waals surface area contributed by atoms with E-state index in [-0.39, 0.29) is 46.7 Å². The van der Waals surface area contributed by atoms with E-state index in [0.29, 0.717) is 10.8 Å². The summed E-state index contributed by atoms with van der Waals surface area (Å²) in [6, 6.07) is 18.9. The van der Waals surface area contributed by atoms with Gasteiger partial charge in [-0.15, -0.1) is 0 Å². The molecule has 0 aromatic heterocycles. The molecule has 0 fully saturated rings. The molecule has 0 spiro atoms. The molecule has 0 radical (unpaired) electrons. The summed E-state index contributed by atoms with van der Waals surface area (Å²) in [6.07, 6.45) is 0. The van der Waals surface area contributed by atoms with Gasteiger partial charge >= 0.3 is 23.9 Å². The summed E-state index contributed by atoms with van der Waals surface area (Å²) in [6.45, 7) is -1.35. The Balaban J connectivity index is 1.65.